The Kier molecular flexibility index (Phi) is 1.79. The lowest BCUT2D eigenvalue weighted by Gasteiger charge is -2.32. The van der Waals surface area contributed by atoms with Crippen molar-refractivity contribution in [2.45, 2.75) is 32.0 Å². The Hall–Kier alpha value is -0.670. The Morgan fingerprint density at radius 3 is 2.86 bits per heavy atom. The maximum atomic E-state index is 5.73. The minimum atomic E-state index is -0.292. The fourth-order valence-electron chi connectivity index (χ4n) is 2.59. The van der Waals surface area contributed by atoms with Crippen LogP contribution < -0.4 is 0 Å². The molecule has 3 aliphatic rings. The van der Waals surface area contributed by atoms with E-state index < -0.39 is 0 Å². The summed E-state index contributed by atoms with van der Waals surface area (Å²) in [4.78, 5) is 4.47. The third-order valence-electron chi connectivity index (χ3n) is 3.44. The highest BCUT2D eigenvalue weighted by molar-refractivity contribution is 6.01. The summed E-state index contributed by atoms with van der Waals surface area (Å²) < 4.78 is 11.5. The summed E-state index contributed by atoms with van der Waals surface area (Å²) in [6.07, 6.45) is 3.02. The van der Waals surface area contributed by atoms with E-state index in [-0.39, 0.29) is 5.79 Å². The molecule has 2 aliphatic heterocycles. The van der Waals surface area contributed by atoms with E-state index in [1.54, 1.807) is 0 Å². The zero-order valence-electron chi connectivity index (χ0n) is 8.51. The van der Waals surface area contributed by atoms with Crippen LogP contribution in [0.5, 0.6) is 0 Å². The molecule has 0 bridgehead atoms. The lowest BCUT2D eigenvalue weighted by Crippen LogP contribution is -2.34. The molecule has 2 heterocycles. The van der Waals surface area contributed by atoms with Crippen LogP contribution in [0, 0.1) is 0 Å². The zero-order valence-corrected chi connectivity index (χ0v) is 8.51. The third kappa shape index (κ3) is 1.16. The molecule has 1 aliphatic carbocycles. The number of hydrogen-bond donors (Lipinski definition) is 0. The average molecular weight is 193 g/mol. The summed E-state index contributed by atoms with van der Waals surface area (Å²) in [6.45, 7) is 4.51. The number of aliphatic imine (C=N–C) groups is 1. The fourth-order valence-corrected chi connectivity index (χ4v) is 2.59. The van der Waals surface area contributed by atoms with Crippen LogP contribution in [0.25, 0.3) is 0 Å². The molecule has 1 saturated heterocycles. The summed E-state index contributed by atoms with van der Waals surface area (Å²) in [7, 11) is 0. The van der Waals surface area contributed by atoms with Crippen LogP contribution in [-0.4, -0.2) is 31.3 Å². The van der Waals surface area contributed by atoms with Crippen LogP contribution in [0.4, 0.5) is 0 Å². The molecule has 1 spiro atoms. The van der Waals surface area contributed by atoms with Gasteiger partial charge >= 0.3 is 0 Å². The van der Waals surface area contributed by atoms with Gasteiger partial charge < -0.3 is 9.47 Å². The summed E-state index contributed by atoms with van der Waals surface area (Å²) in [5, 5.41) is 0. The number of hydrogen-bond acceptors (Lipinski definition) is 3. The SMILES string of the molecule is CC1=NCC2=C1CC1(CC2)OCCO1. The van der Waals surface area contributed by atoms with Gasteiger partial charge in [-0.2, -0.15) is 0 Å². The Bertz CT molecular complexity index is 324. The molecule has 1 fully saturated rings. The molecule has 0 radical (unpaired) electrons. The predicted molar refractivity (Wildman–Crippen MR) is 53.5 cm³/mol. The normalized spacial score (nSPS) is 29.6. The first-order chi connectivity index (χ1) is 6.79. The molecule has 0 N–H and O–H groups in total. The van der Waals surface area contributed by atoms with Crippen molar-refractivity contribution in [3.8, 4) is 0 Å². The molecule has 3 rings (SSSR count). The van der Waals surface area contributed by atoms with Gasteiger partial charge in [-0.1, -0.05) is 0 Å². The van der Waals surface area contributed by atoms with Crippen molar-refractivity contribution in [3.05, 3.63) is 11.1 Å². The first kappa shape index (κ1) is 8.62. The molecule has 76 valence electrons. The summed E-state index contributed by atoms with van der Waals surface area (Å²) in [5.74, 6) is -0.292. The van der Waals surface area contributed by atoms with E-state index in [1.165, 1.54) is 16.9 Å². The van der Waals surface area contributed by atoms with Crippen LogP contribution in [0.3, 0.4) is 0 Å². The van der Waals surface area contributed by atoms with Gasteiger partial charge in [-0.15, -0.1) is 0 Å². The van der Waals surface area contributed by atoms with Crippen LogP contribution in [0.15, 0.2) is 16.1 Å². The Morgan fingerprint density at radius 1 is 1.29 bits per heavy atom. The van der Waals surface area contributed by atoms with E-state index in [0.717, 1.165) is 39.0 Å². The summed E-state index contributed by atoms with van der Waals surface area (Å²) >= 11 is 0. The summed E-state index contributed by atoms with van der Waals surface area (Å²) in [5.41, 5.74) is 4.10. The molecule has 0 aromatic heterocycles. The molecule has 0 amide bonds. The van der Waals surface area contributed by atoms with E-state index in [2.05, 4.69) is 11.9 Å². The number of ether oxygens (including phenoxy) is 2. The quantitative estimate of drug-likeness (QED) is 0.586. The van der Waals surface area contributed by atoms with Gasteiger partial charge in [0.25, 0.3) is 0 Å². The average Bonchev–Trinajstić information content (AvgIpc) is 2.77. The molecular weight excluding hydrogens is 178 g/mol. The highest BCUT2D eigenvalue weighted by Gasteiger charge is 2.41. The van der Waals surface area contributed by atoms with Crippen molar-refractivity contribution in [1.82, 2.24) is 0 Å². The van der Waals surface area contributed by atoms with Gasteiger partial charge in [-0.25, -0.2) is 0 Å². The third-order valence-corrected chi connectivity index (χ3v) is 3.44. The largest absolute Gasteiger partial charge is 0.347 e. The lowest BCUT2D eigenvalue weighted by atomic mass is 9.87. The number of rotatable bonds is 0. The van der Waals surface area contributed by atoms with E-state index in [1.807, 2.05) is 0 Å². The van der Waals surface area contributed by atoms with Crippen molar-refractivity contribution < 1.29 is 9.47 Å². The van der Waals surface area contributed by atoms with E-state index in [0.29, 0.717) is 0 Å². The van der Waals surface area contributed by atoms with Gasteiger partial charge in [0, 0.05) is 18.6 Å². The molecule has 0 atom stereocenters. The maximum Gasteiger partial charge on any atom is 0.172 e. The Balaban J connectivity index is 1.88. The van der Waals surface area contributed by atoms with Gasteiger partial charge in [-0.05, 0) is 24.5 Å². The minimum absolute atomic E-state index is 0.292. The van der Waals surface area contributed by atoms with Gasteiger partial charge in [0.1, 0.15) is 0 Å². The smallest absolute Gasteiger partial charge is 0.172 e. The van der Waals surface area contributed by atoms with Gasteiger partial charge in [-0.3, -0.25) is 4.99 Å². The molecule has 0 unspecified atom stereocenters. The number of nitrogens with zero attached hydrogens (tertiary/aromatic N) is 1. The second-order valence-corrected chi connectivity index (χ2v) is 4.27. The highest BCUT2D eigenvalue weighted by Crippen LogP contribution is 2.40. The lowest BCUT2D eigenvalue weighted by molar-refractivity contribution is -0.162. The molecular formula is C11H15NO2. The van der Waals surface area contributed by atoms with Crippen LogP contribution in [-0.2, 0) is 9.47 Å². The topological polar surface area (TPSA) is 30.8 Å². The Morgan fingerprint density at radius 2 is 2.07 bits per heavy atom. The fraction of sp³-hybridized carbons (Fsp3) is 0.727. The molecule has 0 aromatic rings. The van der Waals surface area contributed by atoms with Crippen molar-refractivity contribution in [2.24, 2.45) is 4.99 Å². The van der Waals surface area contributed by atoms with Gasteiger partial charge in [0.05, 0.1) is 19.8 Å². The minimum Gasteiger partial charge on any atom is -0.347 e. The van der Waals surface area contributed by atoms with Crippen molar-refractivity contribution in [1.29, 1.82) is 0 Å². The first-order valence-corrected chi connectivity index (χ1v) is 5.29. The Labute approximate surface area is 83.8 Å². The molecule has 3 nitrogen and oxygen atoms in total. The highest BCUT2D eigenvalue weighted by atomic mass is 16.7. The molecule has 0 aromatic carbocycles. The van der Waals surface area contributed by atoms with E-state index >= 15 is 0 Å². The maximum absolute atomic E-state index is 5.73. The second kappa shape index (κ2) is 2.91. The van der Waals surface area contributed by atoms with Crippen molar-refractivity contribution >= 4 is 5.71 Å². The van der Waals surface area contributed by atoms with E-state index in [4.69, 9.17) is 9.47 Å². The van der Waals surface area contributed by atoms with Crippen LogP contribution >= 0.6 is 0 Å². The molecule has 0 saturated carbocycles. The second-order valence-electron chi connectivity index (χ2n) is 4.27. The molecule has 14 heavy (non-hydrogen) atoms. The van der Waals surface area contributed by atoms with E-state index in [9.17, 15) is 0 Å². The van der Waals surface area contributed by atoms with Crippen molar-refractivity contribution in [2.75, 3.05) is 19.8 Å². The van der Waals surface area contributed by atoms with Gasteiger partial charge in [0.15, 0.2) is 5.79 Å². The molecule has 3 heteroatoms. The monoisotopic (exact) mass is 193 g/mol. The standard InChI is InChI=1S/C11H15NO2/c1-8-10-6-11(13-4-5-14-11)3-2-9(10)7-12-8/h2-7H2,1H3. The first-order valence-electron chi connectivity index (χ1n) is 5.29. The van der Waals surface area contributed by atoms with Crippen LogP contribution in [0.1, 0.15) is 26.2 Å². The zero-order chi connectivity index (χ0) is 9.60. The van der Waals surface area contributed by atoms with Crippen LogP contribution in [0.2, 0.25) is 0 Å². The van der Waals surface area contributed by atoms with Crippen molar-refractivity contribution in [3.63, 3.8) is 0 Å². The predicted octanol–water partition coefficient (Wildman–Crippen LogP) is 1.68. The van der Waals surface area contributed by atoms with Gasteiger partial charge in [0.2, 0.25) is 0 Å². The summed E-state index contributed by atoms with van der Waals surface area (Å²) in [6, 6.07) is 0.